The number of amides is 1. The lowest BCUT2D eigenvalue weighted by molar-refractivity contribution is -0.384. The summed E-state index contributed by atoms with van der Waals surface area (Å²) in [5, 5.41) is 18.0. The van der Waals surface area contributed by atoms with Crippen molar-refractivity contribution >= 4 is 11.6 Å². The fourth-order valence-corrected chi connectivity index (χ4v) is 2.92. The minimum atomic E-state index is -0.445. The summed E-state index contributed by atoms with van der Waals surface area (Å²) in [5.41, 5.74) is 2.00. The van der Waals surface area contributed by atoms with Gasteiger partial charge in [-0.2, -0.15) is 5.10 Å². The first-order valence-corrected chi connectivity index (χ1v) is 8.27. The predicted molar refractivity (Wildman–Crippen MR) is 90.9 cm³/mol. The molecule has 2 aromatic rings. The number of rotatable bonds is 6. The molecule has 3 rings (SSSR count). The summed E-state index contributed by atoms with van der Waals surface area (Å²) < 4.78 is 6.96. The molecule has 1 aliphatic rings. The van der Waals surface area contributed by atoms with Gasteiger partial charge in [0, 0.05) is 31.2 Å². The van der Waals surface area contributed by atoms with Crippen molar-refractivity contribution in [3.05, 3.63) is 51.8 Å². The van der Waals surface area contributed by atoms with Crippen molar-refractivity contribution in [2.45, 2.75) is 19.8 Å². The molecule has 25 heavy (non-hydrogen) atoms. The SMILES string of the molecule is CCc1c(C(=O)NC[C@@H]2CCOC2)cnn1-c1ccc([N+](=O)[O-])cc1. The number of aromatic nitrogens is 2. The van der Waals surface area contributed by atoms with Crippen LogP contribution in [0.25, 0.3) is 5.69 Å². The van der Waals surface area contributed by atoms with Gasteiger partial charge >= 0.3 is 0 Å². The van der Waals surface area contributed by atoms with E-state index in [0.29, 0.717) is 36.7 Å². The highest BCUT2D eigenvalue weighted by molar-refractivity contribution is 5.95. The van der Waals surface area contributed by atoms with Crippen LogP contribution in [0.3, 0.4) is 0 Å². The van der Waals surface area contributed by atoms with Crippen LogP contribution in [0.15, 0.2) is 30.5 Å². The number of ether oxygens (including phenoxy) is 1. The van der Waals surface area contributed by atoms with Crippen molar-refractivity contribution in [3.63, 3.8) is 0 Å². The van der Waals surface area contributed by atoms with Gasteiger partial charge in [0.05, 0.1) is 34.7 Å². The lowest BCUT2D eigenvalue weighted by atomic mass is 10.1. The van der Waals surface area contributed by atoms with Gasteiger partial charge in [0.2, 0.25) is 0 Å². The maximum atomic E-state index is 12.5. The molecule has 1 fully saturated rings. The molecule has 1 N–H and O–H groups in total. The quantitative estimate of drug-likeness (QED) is 0.639. The van der Waals surface area contributed by atoms with Gasteiger partial charge in [-0.3, -0.25) is 14.9 Å². The Morgan fingerprint density at radius 2 is 2.20 bits per heavy atom. The van der Waals surface area contributed by atoms with Crippen LogP contribution in [-0.4, -0.2) is 40.4 Å². The smallest absolute Gasteiger partial charge is 0.269 e. The third kappa shape index (κ3) is 3.69. The van der Waals surface area contributed by atoms with Gasteiger partial charge in [-0.1, -0.05) is 6.92 Å². The van der Waals surface area contributed by atoms with E-state index in [1.807, 2.05) is 6.92 Å². The van der Waals surface area contributed by atoms with E-state index in [0.717, 1.165) is 18.7 Å². The van der Waals surface area contributed by atoms with Gasteiger partial charge in [0.15, 0.2) is 0 Å². The van der Waals surface area contributed by atoms with Gasteiger partial charge < -0.3 is 10.1 Å². The molecule has 1 aliphatic heterocycles. The minimum absolute atomic E-state index is 0.0192. The van der Waals surface area contributed by atoms with Crippen LogP contribution in [0.5, 0.6) is 0 Å². The molecule has 0 radical (unpaired) electrons. The predicted octanol–water partition coefficient (Wildman–Crippen LogP) is 2.11. The zero-order valence-electron chi connectivity index (χ0n) is 14.0. The van der Waals surface area contributed by atoms with Crippen LogP contribution in [0.4, 0.5) is 5.69 Å². The van der Waals surface area contributed by atoms with E-state index < -0.39 is 4.92 Å². The number of nitro benzene ring substituents is 1. The molecule has 2 heterocycles. The summed E-state index contributed by atoms with van der Waals surface area (Å²) in [7, 11) is 0. The number of carbonyl (C=O) groups is 1. The van der Waals surface area contributed by atoms with Crippen molar-refractivity contribution in [2.24, 2.45) is 5.92 Å². The largest absolute Gasteiger partial charge is 0.381 e. The fraction of sp³-hybridized carbons (Fsp3) is 0.412. The number of hydrogen-bond donors (Lipinski definition) is 1. The molecule has 0 bridgehead atoms. The maximum absolute atomic E-state index is 12.5. The zero-order valence-corrected chi connectivity index (χ0v) is 14.0. The lowest BCUT2D eigenvalue weighted by Gasteiger charge is -2.10. The van der Waals surface area contributed by atoms with E-state index in [-0.39, 0.29) is 11.6 Å². The van der Waals surface area contributed by atoms with Crippen LogP contribution in [0.1, 0.15) is 29.4 Å². The Balaban J connectivity index is 1.77. The van der Waals surface area contributed by atoms with Crippen molar-refractivity contribution in [1.82, 2.24) is 15.1 Å². The second kappa shape index (κ2) is 7.43. The van der Waals surface area contributed by atoms with Crippen LogP contribution < -0.4 is 5.32 Å². The Labute approximate surface area is 144 Å². The molecule has 0 unspecified atom stereocenters. The molecule has 1 aromatic heterocycles. The molecule has 8 nitrogen and oxygen atoms in total. The summed E-state index contributed by atoms with van der Waals surface area (Å²) in [4.78, 5) is 22.8. The Bertz CT molecular complexity index is 763. The normalized spacial score (nSPS) is 16.8. The summed E-state index contributed by atoms with van der Waals surface area (Å²) in [5.74, 6) is 0.204. The molecule has 0 spiro atoms. The molecule has 8 heteroatoms. The van der Waals surface area contributed by atoms with Crippen LogP contribution in [0.2, 0.25) is 0 Å². The Kier molecular flexibility index (Phi) is 5.08. The van der Waals surface area contributed by atoms with Crippen molar-refractivity contribution in [2.75, 3.05) is 19.8 Å². The molecule has 1 amide bonds. The second-order valence-corrected chi connectivity index (χ2v) is 5.98. The topological polar surface area (TPSA) is 99.3 Å². The average molecular weight is 344 g/mol. The Hall–Kier alpha value is -2.74. The van der Waals surface area contributed by atoms with Crippen LogP contribution >= 0.6 is 0 Å². The maximum Gasteiger partial charge on any atom is 0.269 e. The van der Waals surface area contributed by atoms with Gasteiger partial charge in [0.1, 0.15) is 0 Å². The average Bonchev–Trinajstić information content (AvgIpc) is 3.29. The van der Waals surface area contributed by atoms with Crippen molar-refractivity contribution < 1.29 is 14.5 Å². The number of hydrogen-bond acceptors (Lipinski definition) is 5. The fourth-order valence-electron chi connectivity index (χ4n) is 2.92. The highest BCUT2D eigenvalue weighted by Gasteiger charge is 2.20. The molecule has 1 aromatic carbocycles. The Morgan fingerprint density at radius 3 is 2.80 bits per heavy atom. The summed E-state index contributed by atoms with van der Waals surface area (Å²) in [6.07, 6.45) is 3.12. The number of nitrogens with zero attached hydrogens (tertiary/aromatic N) is 3. The van der Waals surface area contributed by atoms with E-state index in [1.54, 1.807) is 23.0 Å². The van der Waals surface area contributed by atoms with Gasteiger partial charge in [-0.15, -0.1) is 0 Å². The van der Waals surface area contributed by atoms with E-state index in [4.69, 9.17) is 4.74 Å². The van der Waals surface area contributed by atoms with Crippen LogP contribution in [0, 0.1) is 16.0 Å². The van der Waals surface area contributed by atoms with E-state index >= 15 is 0 Å². The van der Waals surface area contributed by atoms with E-state index in [2.05, 4.69) is 10.4 Å². The minimum Gasteiger partial charge on any atom is -0.381 e. The first-order chi connectivity index (χ1) is 12.1. The number of nitro groups is 1. The molecular formula is C17H20N4O4. The number of non-ortho nitro benzene ring substituents is 1. The highest BCUT2D eigenvalue weighted by Crippen LogP contribution is 2.19. The number of nitrogens with one attached hydrogen (secondary N) is 1. The summed E-state index contributed by atoms with van der Waals surface area (Å²) in [6.45, 7) is 3.97. The van der Waals surface area contributed by atoms with Crippen molar-refractivity contribution in [3.8, 4) is 5.69 Å². The first-order valence-electron chi connectivity index (χ1n) is 8.27. The highest BCUT2D eigenvalue weighted by atomic mass is 16.6. The van der Waals surface area contributed by atoms with E-state index in [1.165, 1.54) is 12.1 Å². The molecule has 0 saturated carbocycles. The first kappa shape index (κ1) is 17.1. The van der Waals surface area contributed by atoms with Gasteiger partial charge in [-0.25, -0.2) is 4.68 Å². The summed E-state index contributed by atoms with van der Waals surface area (Å²) in [6, 6.07) is 6.11. The van der Waals surface area contributed by atoms with E-state index in [9.17, 15) is 14.9 Å². The van der Waals surface area contributed by atoms with Gasteiger partial charge in [-0.05, 0) is 25.0 Å². The molecule has 1 atom stereocenters. The number of benzene rings is 1. The monoisotopic (exact) mass is 344 g/mol. The molecule has 0 aliphatic carbocycles. The zero-order chi connectivity index (χ0) is 17.8. The van der Waals surface area contributed by atoms with Gasteiger partial charge in [0.25, 0.3) is 11.6 Å². The Morgan fingerprint density at radius 1 is 1.44 bits per heavy atom. The molecule has 1 saturated heterocycles. The van der Waals surface area contributed by atoms with Crippen LogP contribution in [-0.2, 0) is 11.2 Å². The third-order valence-electron chi connectivity index (χ3n) is 4.33. The molecular weight excluding hydrogens is 324 g/mol. The number of carbonyl (C=O) groups excluding carboxylic acids is 1. The standard InChI is InChI=1S/C17H20N4O4/c1-2-16-15(17(22)18-9-12-7-8-25-11-12)10-19-20(16)13-3-5-14(6-4-13)21(23)24/h3-6,10,12H,2,7-9,11H2,1H3,(H,18,22)/t12-/m0/s1. The lowest BCUT2D eigenvalue weighted by Crippen LogP contribution is -2.30. The second-order valence-electron chi connectivity index (χ2n) is 5.98. The molecule has 132 valence electrons. The summed E-state index contributed by atoms with van der Waals surface area (Å²) >= 11 is 0. The van der Waals surface area contributed by atoms with Crippen molar-refractivity contribution in [1.29, 1.82) is 0 Å². The third-order valence-corrected chi connectivity index (χ3v) is 4.33.